The maximum Gasteiger partial charge on any atom is 0.472 e. The van der Waals surface area contributed by atoms with E-state index in [4.69, 9.17) is 13.8 Å². The summed E-state index contributed by atoms with van der Waals surface area (Å²) in [4.78, 5) is 45.6. The molecule has 3 unspecified atom stereocenters. The van der Waals surface area contributed by atoms with Gasteiger partial charge in [-0.3, -0.25) is 18.6 Å². The number of aliphatic hydroxyl groups is 1. The third-order valence-corrected chi connectivity index (χ3v) is 8.36. The number of carbonyl (C=O) groups excluding carboxylic acids is 2. The van der Waals surface area contributed by atoms with Crippen molar-refractivity contribution >= 4 is 25.7 Å². The van der Waals surface area contributed by atoms with Crippen LogP contribution in [0.5, 0.6) is 0 Å². The third-order valence-electron chi connectivity index (χ3n) is 7.41. The first-order valence-corrected chi connectivity index (χ1v) is 20.6. The predicted molar refractivity (Wildman–Crippen MR) is 212 cm³/mol. The maximum absolute atomic E-state index is 12.2. The van der Waals surface area contributed by atoms with Gasteiger partial charge in [0.15, 0.2) is 6.04 Å². The zero-order valence-corrected chi connectivity index (χ0v) is 32.9. The summed E-state index contributed by atoms with van der Waals surface area (Å²) in [5.74, 6) is -2.52. The summed E-state index contributed by atoms with van der Waals surface area (Å²) in [5.41, 5.74) is 0. The number of unbranched alkanes of at least 4 members (excludes halogenated alkanes) is 6. The second kappa shape index (κ2) is 35.7. The number of rotatable bonds is 34. The van der Waals surface area contributed by atoms with Crippen molar-refractivity contribution in [2.45, 2.75) is 135 Å². The topological polar surface area (TPSA) is 169 Å². The summed E-state index contributed by atoms with van der Waals surface area (Å²) in [6, 6.07) is -1.59. The minimum Gasteiger partial charge on any atom is -0.480 e. The van der Waals surface area contributed by atoms with Crippen LogP contribution in [0.15, 0.2) is 85.1 Å². The molecule has 0 aliphatic rings. The molecule has 0 aromatic carbocycles. The zero-order chi connectivity index (χ0) is 39.3. The molecule has 0 aromatic heterocycles. The van der Waals surface area contributed by atoms with Crippen LogP contribution in [0.1, 0.15) is 123 Å². The monoisotopic (exact) mass is 763 g/mol. The van der Waals surface area contributed by atoms with E-state index in [1.165, 1.54) is 0 Å². The van der Waals surface area contributed by atoms with Gasteiger partial charge < -0.3 is 25.2 Å². The van der Waals surface area contributed by atoms with Gasteiger partial charge in [0.25, 0.3) is 0 Å². The Morgan fingerprint density at radius 2 is 1.11 bits per heavy atom. The van der Waals surface area contributed by atoms with Crippen molar-refractivity contribution in [2.75, 3.05) is 19.8 Å². The SMILES string of the molecule is CC/C=C\C/C=C\C/C=C\C/C=C\C/C=C\C/C=C\CCC(=O)NC(COP(=O)(O)OCC(O)COC(=O)CCCCCCC/C=C\CCC)C(=O)O. The number of nitrogens with one attached hydrogen (secondary N) is 1. The molecule has 0 heterocycles. The number of phosphoric acid groups is 1. The van der Waals surface area contributed by atoms with E-state index in [0.29, 0.717) is 19.3 Å². The number of phosphoric ester groups is 1. The Hall–Kier alpha value is -3.34. The highest BCUT2D eigenvalue weighted by atomic mass is 31.2. The van der Waals surface area contributed by atoms with Gasteiger partial charge in [0.2, 0.25) is 5.91 Å². The van der Waals surface area contributed by atoms with Gasteiger partial charge in [-0.1, -0.05) is 125 Å². The van der Waals surface area contributed by atoms with Crippen LogP contribution in [-0.2, 0) is 32.7 Å². The molecule has 0 fully saturated rings. The molecular weight excluding hydrogens is 697 g/mol. The molecule has 0 spiro atoms. The predicted octanol–water partition coefficient (Wildman–Crippen LogP) is 9.16. The number of hydrogen-bond donors (Lipinski definition) is 4. The van der Waals surface area contributed by atoms with E-state index >= 15 is 0 Å². The fourth-order valence-electron chi connectivity index (χ4n) is 4.46. The van der Waals surface area contributed by atoms with Gasteiger partial charge >= 0.3 is 19.8 Å². The fraction of sp³-hybridized carbons (Fsp3) is 0.585. The molecule has 4 N–H and O–H groups in total. The first-order chi connectivity index (χ1) is 25.6. The van der Waals surface area contributed by atoms with Gasteiger partial charge in [-0.05, 0) is 70.6 Å². The second-order valence-electron chi connectivity index (χ2n) is 12.4. The highest BCUT2D eigenvalue weighted by Gasteiger charge is 2.28. The van der Waals surface area contributed by atoms with Crippen LogP contribution >= 0.6 is 7.82 Å². The Morgan fingerprint density at radius 1 is 0.623 bits per heavy atom. The lowest BCUT2D eigenvalue weighted by molar-refractivity contribution is -0.147. The summed E-state index contributed by atoms with van der Waals surface area (Å²) in [5, 5.41) is 21.7. The molecular formula is C41H66NO10P. The van der Waals surface area contributed by atoms with Crippen LogP contribution < -0.4 is 5.32 Å². The van der Waals surface area contributed by atoms with Crippen LogP contribution in [0.4, 0.5) is 0 Å². The van der Waals surface area contributed by atoms with Crippen LogP contribution in [0.2, 0.25) is 0 Å². The summed E-state index contributed by atoms with van der Waals surface area (Å²) in [6.45, 7) is 2.31. The fourth-order valence-corrected chi connectivity index (χ4v) is 5.23. The number of carbonyl (C=O) groups is 3. The molecule has 1 amide bonds. The number of carboxylic acids is 1. The number of allylic oxidation sites excluding steroid dienone is 14. The number of carboxylic acid groups (broad SMARTS) is 1. The first-order valence-electron chi connectivity index (χ1n) is 19.1. The lowest BCUT2D eigenvalue weighted by Gasteiger charge is -2.18. The summed E-state index contributed by atoms with van der Waals surface area (Å²) in [6.07, 6.45) is 42.1. The van der Waals surface area contributed by atoms with E-state index in [0.717, 1.165) is 77.0 Å². The lowest BCUT2D eigenvalue weighted by atomic mass is 10.1. The lowest BCUT2D eigenvalue weighted by Crippen LogP contribution is -2.43. The molecule has 0 aromatic rings. The first kappa shape index (κ1) is 49.7. The second-order valence-corrected chi connectivity index (χ2v) is 13.8. The maximum atomic E-state index is 12.2. The van der Waals surface area contributed by atoms with E-state index in [1.807, 2.05) is 18.2 Å². The number of amides is 1. The van der Waals surface area contributed by atoms with Gasteiger partial charge in [-0.15, -0.1) is 0 Å². The van der Waals surface area contributed by atoms with Crippen molar-refractivity contribution in [3.05, 3.63) is 85.1 Å². The Labute approximate surface area is 318 Å². The van der Waals surface area contributed by atoms with Crippen LogP contribution in [0.3, 0.4) is 0 Å². The Morgan fingerprint density at radius 3 is 1.68 bits per heavy atom. The summed E-state index contributed by atoms with van der Waals surface area (Å²) >= 11 is 0. The Bertz CT molecular complexity index is 1220. The van der Waals surface area contributed by atoms with E-state index in [9.17, 15) is 34.1 Å². The highest BCUT2D eigenvalue weighted by Crippen LogP contribution is 2.43. The van der Waals surface area contributed by atoms with Crippen molar-refractivity contribution in [2.24, 2.45) is 0 Å². The molecule has 0 aliphatic carbocycles. The van der Waals surface area contributed by atoms with Crippen molar-refractivity contribution < 1.29 is 47.8 Å². The minimum absolute atomic E-state index is 0.0150. The van der Waals surface area contributed by atoms with E-state index in [-0.39, 0.29) is 12.8 Å². The van der Waals surface area contributed by atoms with Gasteiger partial charge in [0.1, 0.15) is 12.7 Å². The molecule has 53 heavy (non-hydrogen) atoms. The molecule has 0 bridgehead atoms. The molecule has 0 rings (SSSR count). The minimum atomic E-state index is -4.78. The number of esters is 1. The number of ether oxygens (including phenoxy) is 1. The van der Waals surface area contributed by atoms with Crippen molar-refractivity contribution in [1.82, 2.24) is 5.32 Å². The number of hydrogen-bond acceptors (Lipinski definition) is 8. The van der Waals surface area contributed by atoms with Crippen molar-refractivity contribution in [3.8, 4) is 0 Å². The molecule has 0 saturated heterocycles. The van der Waals surface area contributed by atoms with Crippen molar-refractivity contribution in [3.63, 3.8) is 0 Å². The number of aliphatic hydroxyl groups excluding tert-OH is 1. The van der Waals surface area contributed by atoms with Crippen LogP contribution in [0, 0.1) is 0 Å². The summed E-state index contributed by atoms with van der Waals surface area (Å²) in [7, 11) is -4.78. The molecule has 12 heteroatoms. The van der Waals surface area contributed by atoms with E-state index < -0.39 is 57.6 Å². The molecule has 0 radical (unpaired) electrons. The quantitative estimate of drug-likeness (QED) is 0.0215. The molecule has 3 atom stereocenters. The Kier molecular flexibility index (Phi) is 33.4. The standard InChI is InChI=1S/C41H66NO10P/c1-3-5-7-9-11-13-15-16-17-18-19-20-21-22-23-24-26-28-30-32-39(44)42-38(41(46)47)36-52-53(48,49)51-35-37(43)34-50-40(45)33-31-29-27-25-14-12-10-8-6-4-2/h5,7-8,10-11,13,16-17,19-20,22-23,26,28,37-38,43H,3-4,6,9,12,14-15,18,21,24-25,27,29-36H2,1-2H3,(H,42,44)(H,46,47)(H,48,49)/b7-5-,10-8-,13-11-,17-16-,20-19-,23-22-,28-26-. The zero-order valence-electron chi connectivity index (χ0n) is 32.0. The Balaban J connectivity index is 4.12. The van der Waals surface area contributed by atoms with Crippen molar-refractivity contribution in [1.29, 1.82) is 0 Å². The molecule has 0 saturated carbocycles. The largest absolute Gasteiger partial charge is 0.480 e. The van der Waals surface area contributed by atoms with Gasteiger partial charge in [0.05, 0.1) is 13.2 Å². The summed E-state index contributed by atoms with van der Waals surface area (Å²) < 4.78 is 26.6. The van der Waals surface area contributed by atoms with E-state index in [1.54, 1.807) is 0 Å². The van der Waals surface area contributed by atoms with Gasteiger partial charge in [-0.2, -0.15) is 0 Å². The molecule has 0 aliphatic heterocycles. The number of aliphatic carboxylic acids is 1. The average Bonchev–Trinajstić information content (AvgIpc) is 3.13. The van der Waals surface area contributed by atoms with Gasteiger partial charge in [0, 0.05) is 12.8 Å². The molecule has 11 nitrogen and oxygen atoms in total. The normalized spacial score (nSPS) is 14.8. The average molecular weight is 764 g/mol. The molecule has 300 valence electrons. The van der Waals surface area contributed by atoms with Crippen LogP contribution in [0.25, 0.3) is 0 Å². The third kappa shape index (κ3) is 35.5. The van der Waals surface area contributed by atoms with Crippen LogP contribution in [-0.4, -0.2) is 64.9 Å². The van der Waals surface area contributed by atoms with Gasteiger partial charge in [-0.25, -0.2) is 9.36 Å². The van der Waals surface area contributed by atoms with E-state index in [2.05, 4.69) is 86.0 Å². The highest BCUT2D eigenvalue weighted by molar-refractivity contribution is 7.47. The smallest absolute Gasteiger partial charge is 0.472 e.